The largest absolute Gasteiger partial charge is 0.469 e. The minimum atomic E-state index is -0.203. The summed E-state index contributed by atoms with van der Waals surface area (Å²) in [7, 11) is 1.40. The Kier molecular flexibility index (Phi) is 3.92. The molecular formula is C12H13Cl2NO2. The fraction of sp³-hybridized carbons (Fsp3) is 0.417. The standard InChI is InChI=1S/C12H13Cl2NO2/c1-17-12(16)9-4-5-15-11(9)8-3-2-7(13)6-10(8)14/h2-3,6,9,11,15H,4-5H2,1H3/t9-,11+/m1/s1. The van der Waals surface area contributed by atoms with E-state index in [9.17, 15) is 4.79 Å². The summed E-state index contributed by atoms with van der Waals surface area (Å²) >= 11 is 12.0. The molecule has 2 atom stereocenters. The number of benzene rings is 1. The van der Waals surface area contributed by atoms with E-state index in [1.165, 1.54) is 7.11 Å². The zero-order valence-corrected chi connectivity index (χ0v) is 10.9. The van der Waals surface area contributed by atoms with Crippen molar-refractivity contribution in [3.05, 3.63) is 33.8 Å². The van der Waals surface area contributed by atoms with E-state index in [0.29, 0.717) is 10.0 Å². The van der Waals surface area contributed by atoms with Gasteiger partial charge in [-0.2, -0.15) is 0 Å². The normalized spacial score (nSPS) is 23.7. The fourth-order valence-electron chi connectivity index (χ4n) is 2.19. The Morgan fingerprint density at radius 2 is 2.24 bits per heavy atom. The molecule has 0 saturated carbocycles. The van der Waals surface area contributed by atoms with Crippen LogP contribution in [0.5, 0.6) is 0 Å². The molecule has 17 heavy (non-hydrogen) atoms. The lowest BCUT2D eigenvalue weighted by molar-refractivity contribution is -0.145. The summed E-state index contributed by atoms with van der Waals surface area (Å²) in [5.74, 6) is -0.385. The molecule has 0 aliphatic carbocycles. The molecule has 0 bridgehead atoms. The van der Waals surface area contributed by atoms with Gasteiger partial charge >= 0.3 is 5.97 Å². The number of methoxy groups -OCH3 is 1. The predicted octanol–water partition coefficient (Wildman–Crippen LogP) is 2.82. The molecule has 1 aromatic rings. The molecule has 3 nitrogen and oxygen atoms in total. The van der Waals surface area contributed by atoms with Crippen LogP contribution in [0.2, 0.25) is 10.0 Å². The molecule has 2 rings (SSSR count). The lowest BCUT2D eigenvalue weighted by Crippen LogP contribution is -2.24. The highest BCUT2D eigenvalue weighted by Crippen LogP contribution is 2.35. The van der Waals surface area contributed by atoms with Crippen LogP contribution in [0, 0.1) is 5.92 Å². The number of carbonyl (C=O) groups is 1. The lowest BCUT2D eigenvalue weighted by Gasteiger charge is -2.19. The van der Waals surface area contributed by atoms with Crippen LogP contribution in [0.25, 0.3) is 0 Å². The van der Waals surface area contributed by atoms with Gasteiger partial charge in [-0.15, -0.1) is 0 Å². The number of hydrogen-bond donors (Lipinski definition) is 1. The van der Waals surface area contributed by atoms with E-state index in [4.69, 9.17) is 27.9 Å². The van der Waals surface area contributed by atoms with Gasteiger partial charge in [0, 0.05) is 16.1 Å². The summed E-state index contributed by atoms with van der Waals surface area (Å²) in [6.45, 7) is 0.781. The van der Waals surface area contributed by atoms with Gasteiger partial charge in [-0.25, -0.2) is 0 Å². The van der Waals surface area contributed by atoms with Gasteiger partial charge in [-0.1, -0.05) is 29.3 Å². The quantitative estimate of drug-likeness (QED) is 0.843. The van der Waals surface area contributed by atoms with Gasteiger partial charge in [0.15, 0.2) is 0 Å². The van der Waals surface area contributed by atoms with Crippen LogP contribution in [-0.2, 0) is 9.53 Å². The highest BCUT2D eigenvalue weighted by Gasteiger charge is 2.35. The molecule has 0 radical (unpaired) electrons. The van der Waals surface area contributed by atoms with Crippen molar-refractivity contribution in [1.82, 2.24) is 5.32 Å². The first kappa shape index (κ1) is 12.7. The van der Waals surface area contributed by atoms with Crippen molar-refractivity contribution in [3.63, 3.8) is 0 Å². The van der Waals surface area contributed by atoms with E-state index in [0.717, 1.165) is 18.5 Å². The van der Waals surface area contributed by atoms with Crippen molar-refractivity contribution in [2.75, 3.05) is 13.7 Å². The zero-order chi connectivity index (χ0) is 12.4. The maximum absolute atomic E-state index is 11.6. The van der Waals surface area contributed by atoms with Crippen LogP contribution in [-0.4, -0.2) is 19.6 Å². The predicted molar refractivity (Wildman–Crippen MR) is 67.3 cm³/mol. The molecule has 1 fully saturated rings. The monoisotopic (exact) mass is 273 g/mol. The highest BCUT2D eigenvalue weighted by atomic mass is 35.5. The second-order valence-corrected chi connectivity index (χ2v) is 4.86. The van der Waals surface area contributed by atoms with Crippen molar-refractivity contribution in [1.29, 1.82) is 0 Å². The molecule has 1 aliphatic heterocycles. The van der Waals surface area contributed by atoms with Crippen molar-refractivity contribution in [2.45, 2.75) is 12.5 Å². The summed E-state index contributed by atoms with van der Waals surface area (Å²) in [5.41, 5.74) is 0.893. The lowest BCUT2D eigenvalue weighted by atomic mass is 9.94. The SMILES string of the molecule is COC(=O)[C@@H]1CCN[C@H]1c1ccc(Cl)cc1Cl. The Morgan fingerprint density at radius 3 is 2.88 bits per heavy atom. The van der Waals surface area contributed by atoms with Gasteiger partial charge in [-0.3, -0.25) is 4.79 Å². The number of carbonyl (C=O) groups excluding carboxylic acids is 1. The van der Waals surface area contributed by atoms with Crippen molar-refractivity contribution >= 4 is 29.2 Å². The van der Waals surface area contributed by atoms with E-state index >= 15 is 0 Å². The molecule has 1 aromatic carbocycles. The minimum Gasteiger partial charge on any atom is -0.469 e. The van der Waals surface area contributed by atoms with Crippen LogP contribution in [0.15, 0.2) is 18.2 Å². The van der Waals surface area contributed by atoms with Crippen molar-refractivity contribution in [2.24, 2.45) is 5.92 Å². The summed E-state index contributed by atoms with van der Waals surface area (Å²) in [5, 5.41) is 4.43. The molecule has 0 aromatic heterocycles. The first-order chi connectivity index (χ1) is 8.13. The number of nitrogens with one attached hydrogen (secondary N) is 1. The molecule has 1 heterocycles. The maximum atomic E-state index is 11.6. The zero-order valence-electron chi connectivity index (χ0n) is 9.37. The number of halogens is 2. The Balaban J connectivity index is 2.29. The Labute approximate surface area is 110 Å². The van der Waals surface area contributed by atoms with Gasteiger partial charge in [0.05, 0.1) is 13.0 Å². The fourth-order valence-corrected chi connectivity index (χ4v) is 2.72. The number of hydrogen-bond acceptors (Lipinski definition) is 3. The Bertz CT molecular complexity index is 437. The van der Waals surface area contributed by atoms with Crippen molar-refractivity contribution < 1.29 is 9.53 Å². The average Bonchev–Trinajstić information content (AvgIpc) is 2.77. The molecule has 1 saturated heterocycles. The molecular weight excluding hydrogens is 261 g/mol. The van der Waals surface area contributed by atoms with Crippen LogP contribution in [0.3, 0.4) is 0 Å². The molecule has 0 amide bonds. The van der Waals surface area contributed by atoms with E-state index < -0.39 is 0 Å². The molecule has 0 spiro atoms. The van der Waals surface area contributed by atoms with E-state index in [1.54, 1.807) is 12.1 Å². The topological polar surface area (TPSA) is 38.3 Å². The first-order valence-corrected chi connectivity index (χ1v) is 6.15. The Morgan fingerprint density at radius 1 is 1.47 bits per heavy atom. The third kappa shape index (κ3) is 2.57. The van der Waals surface area contributed by atoms with Crippen LogP contribution in [0.1, 0.15) is 18.0 Å². The molecule has 92 valence electrons. The smallest absolute Gasteiger partial charge is 0.310 e. The second kappa shape index (κ2) is 5.25. The highest BCUT2D eigenvalue weighted by molar-refractivity contribution is 6.35. The van der Waals surface area contributed by atoms with E-state index in [1.807, 2.05) is 6.07 Å². The van der Waals surface area contributed by atoms with Crippen molar-refractivity contribution in [3.8, 4) is 0 Å². The molecule has 1 aliphatic rings. The summed E-state index contributed by atoms with van der Waals surface area (Å²) in [4.78, 5) is 11.6. The van der Waals surface area contributed by atoms with Crippen LogP contribution in [0.4, 0.5) is 0 Å². The Hall–Kier alpha value is -0.770. The molecule has 0 unspecified atom stereocenters. The van der Waals surface area contributed by atoms with Gasteiger partial charge < -0.3 is 10.1 Å². The van der Waals surface area contributed by atoms with Gasteiger partial charge in [-0.05, 0) is 30.7 Å². The van der Waals surface area contributed by atoms with Gasteiger partial charge in [0.25, 0.3) is 0 Å². The average molecular weight is 274 g/mol. The third-order valence-corrected chi connectivity index (χ3v) is 3.59. The summed E-state index contributed by atoms with van der Waals surface area (Å²) in [6, 6.07) is 5.22. The number of rotatable bonds is 2. The van der Waals surface area contributed by atoms with Gasteiger partial charge in [0.1, 0.15) is 0 Å². The van der Waals surface area contributed by atoms with Crippen LogP contribution < -0.4 is 5.32 Å². The second-order valence-electron chi connectivity index (χ2n) is 4.02. The molecule has 1 N–H and O–H groups in total. The van der Waals surface area contributed by atoms with E-state index in [2.05, 4.69) is 5.32 Å². The first-order valence-electron chi connectivity index (χ1n) is 5.39. The third-order valence-electron chi connectivity index (χ3n) is 3.02. The number of ether oxygens (including phenoxy) is 1. The van der Waals surface area contributed by atoms with Gasteiger partial charge in [0.2, 0.25) is 0 Å². The summed E-state index contributed by atoms with van der Waals surface area (Å²) in [6.07, 6.45) is 0.760. The summed E-state index contributed by atoms with van der Waals surface area (Å²) < 4.78 is 4.80. The van der Waals surface area contributed by atoms with E-state index in [-0.39, 0.29) is 17.9 Å². The van der Waals surface area contributed by atoms with Crippen LogP contribution >= 0.6 is 23.2 Å². The maximum Gasteiger partial charge on any atom is 0.310 e. The molecule has 5 heteroatoms. The minimum absolute atomic E-state index is 0.0905. The number of esters is 1.